The van der Waals surface area contributed by atoms with Crippen molar-refractivity contribution in [1.82, 2.24) is 9.97 Å². The Hall–Kier alpha value is -3.92. The van der Waals surface area contributed by atoms with Crippen molar-refractivity contribution < 1.29 is 4.79 Å². The molecular weight excluding hydrogens is 358 g/mol. The Bertz CT molecular complexity index is 1340. The van der Waals surface area contributed by atoms with E-state index < -0.39 is 0 Å². The third-order valence-corrected chi connectivity index (χ3v) is 5.19. The van der Waals surface area contributed by atoms with Gasteiger partial charge in [-0.05, 0) is 41.3 Å². The van der Waals surface area contributed by atoms with Crippen LogP contribution >= 0.6 is 0 Å². The number of anilines is 1. The van der Waals surface area contributed by atoms with E-state index in [1.54, 1.807) is 12.4 Å². The minimum atomic E-state index is 0.00939. The van der Waals surface area contributed by atoms with E-state index in [-0.39, 0.29) is 5.78 Å². The number of carbonyl (C=O) groups excluding carboxylic acids is 1. The predicted octanol–water partition coefficient (Wildman–Crippen LogP) is 5.56. The van der Waals surface area contributed by atoms with Crippen LogP contribution in [0.1, 0.15) is 21.5 Å². The first-order valence-electron chi connectivity index (χ1n) is 9.56. The molecule has 0 aliphatic rings. The number of hydrogen-bond acceptors (Lipinski definition) is 3. The average Bonchev–Trinajstić information content (AvgIpc) is 3.21. The van der Waals surface area contributed by atoms with E-state index in [0.29, 0.717) is 17.7 Å². The second-order valence-corrected chi connectivity index (χ2v) is 7.03. The van der Waals surface area contributed by atoms with Crippen molar-refractivity contribution in [3.8, 4) is 0 Å². The van der Waals surface area contributed by atoms with E-state index in [2.05, 4.69) is 33.5 Å². The molecule has 5 aromatic rings. The molecule has 4 heteroatoms. The zero-order valence-corrected chi connectivity index (χ0v) is 15.7. The van der Waals surface area contributed by atoms with E-state index in [1.807, 2.05) is 60.8 Å². The zero-order chi connectivity index (χ0) is 19.6. The fraction of sp³-hybridized carbons (Fsp3) is 0.0400. The molecule has 140 valence electrons. The second kappa shape index (κ2) is 7.24. The highest BCUT2D eigenvalue weighted by Crippen LogP contribution is 2.25. The minimum absolute atomic E-state index is 0.00939. The van der Waals surface area contributed by atoms with Gasteiger partial charge in [0.25, 0.3) is 0 Å². The number of pyridine rings is 1. The predicted molar refractivity (Wildman–Crippen MR) is 117 cm³/mol. The summed E-state index contributed by atoms with van der Waals surface area (Å²) in [4.78, 5) is 20.6. The second-order valence-electron chi connectivity index (χ2n) is 7.03. The maximum Gasteiger partial charge on any atom is 0.197 e. The molecule has 0 fully saturated rings. The smallest absolute Gasteiger partial charge is 0.197 e. The number of rotatable bonds is 5. The quantitative estimate of drug-likeness (QED) is 0.394. The van der Waals surface area contributed by atoms with Gasteiger partial charge in [0.15, 0.2) is 5.78 Å². The lowest BCUT2D eigenvalue weighted by molar-refractivity contribution is 0.104. The summed E-state index contributed by atoms with van der Waals surface area (Å²) in [6.45, 7) is 0.635. The molecule has 0 radical (unpaired) electrons. The van der Waals surface area contributed by atoms with Gasteiger partial charge in [-0.25, -0.2) is 0 Å². The molecule has 5 rings (SSSR count). The normalized spacial score (nSPS) is 11.0. The molecule has 29 heavy (non-hydrogen) atoms. The minimum Gasteiger partial charge on any atom is -0.380 e. The molecular formula is C25H19N3O. The Morgan fingerprint density at radius 1 is 0.897 bits per heavy atom. The molecule has 2 heterocycles. The number of hydrogen-bond donors (Lipinski definition) is 2. The highest BCUT2D eigenvalue weighted by atomic mass is 16.1. The zero-order valence-electron chi connectivity index (χ0n) is 15.7. The average molecular weight is 377 g/mol. The summed E-state index contributed by atoms with van der Waals surface area (Å²) < 4.78 is 0. The number of aromatic amines is 1. The monoisotopic (exact) mass is 377 g/mol. The Morgan fingerprint density at radius 3 is 2.72 bits per heavy atom. The molecule has 0 aliphatic carbocycles. The number of nitrogens with zero attached hydrogens (tertiary/aromatic N) is 1. The molecule has 3 aromatic carbocycles. The molecule has 2 N–H and O–H groups in total. The van der Waals surface area contributed by atoms with Gasteiger partial charge in [0.1, 0.15) is 0 Å². The number of nitrogens with one attached hydrogen (secondary N) is 2. The highest BCUT2D eigenvalue weighted by Gasteiger charge is 2.17. The van der Waals surface area contributed by atoms with Crippen LogP contribution in [-0.2, 0) is 6.54 Å². The molecule has 0 atom stereocenters. The van der Waals surface area contributed by atoms with Crippen molar-refractivity contribution in [3.63, 3.8) is 0 Å². The fourth-order valence-electron chi connectivity index (χ4n) is 3.68. The van der Waals surface area contributed by atoms with E-state index in [4.69, 9.17) is 0 Å². The highest BCUT2D eigenvalue weighted by molar-refractivity contribution is 6.18. The van der Waals surface area contributed by atoms with Gasteiger partial charge < -0.3 is 10.3 Å². The summed E-state index contributed by atoms with van der Waals surface area (Å²) in [5, 5.41) is 6.65. The maximum atomic E-state index is 13.3. The van der Waals surface area contributed by atoms with E-state index in [0.717, 1.165) is 32.9 Å². The summed E-state index contributed by atoms with van der Waals surface area (Å²) >= 11 is 0. The van der Waals surface area contributed by atoms with Crippen molar-refractivity contribution in [3.05, 3.63) is 108 Å². The van der Waals surface area contributed by atoms with Gasteiger partial charge in [0.05, 0.1) is 0 Å². The Labute approximate surface area is 168 Å². The molecule has 0 saturated carbocycles. The maximum absolute atomic E-state index is 13.3. The summed E-state index contributed by atoms with van der Waals surface area (Å²) in [6.07, 6.45) is 5.46. The van der Waals surface area contributed by atoms with Crippen LogP contribution in [0.2, 0.25) is 0 Å². The third-order valence-electron chi connectivity index (χ3n) is 5.19. The van der Waals surface area contributed by atoms with Crippen LogP contribution in [0.15, 0.2) is 91.4 Å². The number of benzene rings is 3. The third kappa shape index (κ3) is 3.25. The van der Waals surface area contributed by atoms with Crippen LogP contribution < -0.4 is 5.32 Å². The van der Waals surface area contributed by atoms with E-state index in [9.17, 15) is 4.79 Å². The molecule has 0 amide bonds. The molecule has 2 aromatic heterocycles. The molecule has 4 nitrogen and oxygen atoms in total. The first-order valence-corrected chi connectivity index (χ1v) is 9.56. The first kappa shape index (κ1) is 17.2. The molecule has 0 spiro atoms. The summed E-state index contributed by atoms with van der Waals surface area (Å²) in [6, 6.07) is 23.8. The van der Waals surface area contributed by atoms with Crippen LogP contribution in [0.25, 0.3) is 21.7 Å². The lowest BCUT2D eigenvalue weighted by Gasteiger charge is -2.12. The van der Waals surface area contributed by atoms with Gasteiger partial charge in [-0.15, -0.1) is 0 Å². The number of para-hydroxylation sites is 2. The summed E-state index contributed by atoms with van der Waals surface area (Å²) in [5.74, 6) is 0.00939. The van der Waals surface area contributed by atoms with Gasteiger partial charge >= 0.3 is 0 Å². The molecule has 0 bridgehead atoms. The van der Waals surface area contributed by atoms with Crippen molar-refractivity contribution in [1.29, 1.82) is 0 Å². The van der Waals surface area contributed by atoms with Crippen molar-refractivity contribution in [2.24, 2.45) is 0 Å². The Balaban J connectivity index is 1.43. The Kier molecular flexibility index (Phi) is 4.30. The lowest BCUT2D eigenvalue weighted by Crippen LogP contribution is -2.07. The summed E-state index contributed by atoms with van der Waals surface area (Å²) in [5.41, 5.74) is 4.30. The summed E-state index contributed by atoms with van der Waals surface area (Å²) in [7, 11) is 0. The van der Waals surface area contributed by atoms with E-state index >= 15 is 0 Å². The number of aromatic nitrogens is 2. The standard InChI is InChI=1S/C25H19N3O/c29-25(22-16-28-23-7-3-1-5-20(22)23)21-6-2-4-8-24(21)27-14-17-9-10-19-15-26-12-11-18(19)13-17/h1-13,15-16,27-28H,14H2. The van der Waals surface area contributed by atoms with Crippen molar-refractivity contribution in [2.45, 2.75) is 6.54 Å². The molecule has 0 unspecified atom stereocenters. The Morgan fingerprint density at radius 2 is 1.76 bits per heavy atom. The molecule has 0 saturated heterocycles. The van der Waals surface area contributed by atoms with Gasteiger partial charge in [0, 0.05) is 58.2 Å². The fourth-order valence-corrected chi connectivity index (χ4v) is 3.68. The SMILES string of the molecule is O=C(c1ccccc1NCc1ccc2cnccc2c1)c1c[nH]c2ccccc12. The number of H-pyrrole nitrogens is 1. The largest absolute Gasteiger partial charge is 0.380 e. The van der Waals surface area contributed by atoms with Gasteiger partial charge in [-0.1, -0.05) is 42.5 Å². The van der Waals surface area contributed by atoms with Crippen molar-refractivity contribution in [2.75, 3.05) is 5.32 Å². The lowest BCUT2D eigenvalue weighted by atomic mass is 10.0. The van der Waals surface area contributed by atoms with Crippen LogP contribution in [-0.4, -0.2) is 15.8 Å². The van der Waals surface area contributed by atoms with E-state index in [1.165, 1.54) is 0 Å². The van der Waals surface area contributed by atoms with Crippen LogP contribution in [0.3, 0.4) is 0 Å². The first-order chi connectivity index (χ1) is 14.3. The van der Waals surface area contributed by atoms with Crippen LogP contribution in [0.4, 0.5) is 5.69 Å². The van der Waals surface area contributed by atoms with Crippen molar-refractivity contribution >= 4 is 33.1 Å². The van der Waals surface area contributed by atoms with Crippen LogP contribution in [0, 0.1) is 0 Å². The van der Waals surface area contributed by atoms with Crippen LogP contribution in [0.5, 0.6) is 0 Å². The van der Waals surface area contributed by atoms with Gasteiger partial charge in [-0.3, -0.25) is 9.78 Å². The van der Waals surface area contributed by atoms with Gasteiger partial charge in [-0.2, -0.15) is 0 Å². The topological polar surface area (TPSA) is 57.8 Å². The number of carbonyl (C=O) groups is 1. The molecule has 0 aliphatic heterocycles. The number of ketones is 1. The van der Waals surface area contributed by atoms with Gasteiger partial charge in [0.2, 0.25) is 0 Å². The number of fused-ring (bicyclic) bond motifs is 2.